The number of anilines is 1. The molecule has 142 valence electrons. The topological polar surface area (TPSA) is 47.6 Å². The Bertz CT molecular complexity index is 611. The minimum absolute atomic E-state index is 0.0323. The minimum atomic E-state index is -0.203. The fraction of sp³-hybridized carbons (Fsp3) is 0.650. The minimum Gasteiger partial charge on any atom is -0.371 e. The number of carbonyl (C=O) groups is 1. The first kappa shape index (κ1) is 17.6. The molecule has 2 aliphatic heterocycles. The number of piperidine rings is 1. The normalized spacial score (nSPS) is 24.7. The van der Waals surface area contributed by atoms with Crippen LogP contribution in [0.2, 0.25) is 0 Å². The van der Waals surface area contributed by atoms with E-state index < -0.39 is 0 Å². The van der Waals surface area contributed by atoms with Crippen molar-refractivity contribution in [2.24, 2.45) is 5.92 Å². The van der Waals surface area contributed by atoms with Crippen molar-refractivity contribution in [2.75, 3.05) is 37.6 Å². The Labute approximate surface area is 154 Å². The average molecular weight is 360 g/mol. The smallest absolute Gasteiger partial charge is 0.315 e. The first-order chi connectivity index (χ1) is 12.7. The Morgan fingerprint density at radius 3 is 2.46 bits per heavy atom. The predicted molar refractivity (Wildman–Crippen MR) is 101 cm³/mol. The molecule has 5 nitrogen and oxygen atoms in total. The van der Waals surface area contributed by atoms with E-state index in [0.717, 1.165) is 57.2 Å². The molecule has 3 aliphatic rings. The Morgan fingerprint density at radius 1 is 1.04 bits per heavy atom. The third-order valence-electron chi connectivity index (χ3n) is 5.96. The van der Waals surface area contributed by atoms with Gasteiger partial charge in [0, 0.05) is 50.5 Å². The van der Waals surface area contributed by atoms with Crippen LogP contribution in [-0.4, -0.2) is 55.7 Å². The predicted octanol–water partition coefficient (Wildman–Crippen LogP) is 2.58. The number of halogens is 1. The molecule has 1 aromatic rings. The van der Waals surface area contributed by atoms with Crippen LogP contribution in [0.15, 0.2) is 24.3 Å². The van der Waals surface area contributed by atoms with Crippen LogP contribution in [0.5, 0.6) is 0 Å². The summed E-state index contributed by atoms with van der Waals surface area (Å²) in [5.74, 6) is 0.244. The van der Waals surface area contributed by atoms with Crippen molar-refractivity contribution in [1.29, 1.82) is 0 Å². The molecule has 3 fully saturated rings. The van der Waals surface area contributed by atoms with Crippen LogP contribution in [0.1, 0.15) is 32.1 Å². The van der Waals surface area contributed by atoms with Gasteiger partial charge >= 0.3 is 6.03 Å². The van der Waals surface area contributed by atoms with Gasteiger partial charge in [-0.1, -0.05) is 0 Å². The lowest BCUT2D eigenvalue weighted by molar-refractivity contribution is 0.185. The van der Waals surface area contributed by atoms with Crippen LogP contribution in [0.25, 0.3) is 0 Å². The summed E-state index contributed by atoms with van der Waals surface area (Å²) >= 11 is 0. The molecule has 0 aromatic heterocycles. The van der Waals surface area contributed by atoms with Crippen LogP contribution in [0, 0.1) is 11.7 Å². The van der Waals surface area contributed by atoms with Gasteiger partial charge in [0.15, 0.2) is 0 Å². The van der Waals surface area contributed by atoms with E-state index in [4.69, 9.17) is 0 Å². The highest BCUT2D eigenvalue weighted by molar-refractivity contribution is 5.74. The molecular weight excluding hydrogens is 331 g/mol. The molecule has 1 aromatic carbocycles. The van der Waals surface area contributed by atoms with Crippen molar-refractivity contribution < 1.29 is 9.18 Å². The first-order valence-corrected chi connectivity index (χ1v) is 9.96. The standard InChI is InChI=1S/C20H29FN4O/c21-16-1-3-19(4-2-16)25-10-7-15(14-25)13-22-20(26)23-17-8-11-24(12-9-17)18-5-6-18/h1-4,15,17-18H,5-14H2,(H2,22,23,26). The number of rotatable bonds is 5. The number of likely N-dealkylation sites (tertiary alicyclic amines) is 1. The number of carbonyl (C=O) groups excluding carboxylic acids is 1. The maximum atomic E-state index is 13.0. The van der Waals surface area contributed by atoms with Gasteiger partial charge in [-0.15, -0.1) is 0 Å². The summed E-state index contributed by atoms with van der Waals surface area (Å²) in [6.45, 7) is 4.80. The molecule has 6 heteroatoms. The maximum absolute atomic E-state index is 13.0. The van der Waals surface area contributed by atoms with Crippen molar-refractivity contribution in [3.63, 3.8) is 0 Å². The molecule has 2 saturated heterocycles. The second-order valence-electron chi connectivity index (χ2n) is 7.97. The van der Waals surface area contributed by atoms with Gasteiger partial charge in [0.2, 0.25) is 0 Å². The molecule has 1 unspecified atom stereocenters. The van der Waals surface area contributed by atoms with Crippen LogP contribution < -0.4 is 15.5 Å². The number of nitrogens with zero attached hydrogens (tertiary/aromatic N) is 2. The zero-order valence-electron chi connectivity index (χ0n) is 15.3. The van der Waals surface area contributed by atoms with Crippen LogP contribution >= 0.6 is 0 Å². The van der Waals surface area contributed by atoms with Crippen LogP contribution in [0.3, 0.4) is 0 Å². The number of benzene rings is 1. The molecule has 1 atom stereocenters. The second-order valence-corrected chi connectivity index (χ2v) is 7.97. The van der Waals surface area contributed by atoms with E-state index in [2.05, 4.69) is 20.4 Å². The number of amides is 2. The molecule has 0 radical (unpaired) electrons. The van der Waals surface area contributed by atoms with Crippen molar-refractivity contribution in [3.8, 4) is 0 Å². The van der Waals surface area contributed by atoms with E-state index in [9.17, 15) is 9.18 Å². The SMILES string of the molecule is O=C(NCC1CCN(c2ccc(F)cc2)C1)NC1CCN(C2CC2)CC1. The zero-order chi connectivity index (χ0) is 17.9. The third-order valence-corrected chi connectivity index (χ3v) is 5.96. The molecule has 2 N–H and O–H groups in total. The van der Waals surface area contributed by atoms with Gasteiger partial charge in [-0.25, -0.2) is 9.18 Å². The summed E-state index contributed by atoms with van der Waals surface area (Å²) in [7, 11) is 0. The summed E-state index contributed by atoms with van der Waals surface area (Å²) in [5.41, 5.74) is 1.06. The van der Waals surface area contributed by atoms with E-state index in [-0.39, 0.29) is 11.8 Å². The van der Waals surface area contributed by atoms with Gasteiger partial charge in [-0.05, 0) is 62.3 Å². The van der Waals surface area contributed by atoms with E-state index in [1.54, 1.807) is 0 Å². The molecule has 1 aliphatic carbocycles. The largest absolute Gasteiger partial charge is 0.371 e. The monoisotopic (exact) mass is 360 g/mol. The van der Waals surface area contributed by atoms with E-state index in [0.29, 0.717) is 18.5 Å². The van der Waals surface area contributed by atoms with E-state index in [1.807, 2.05) is 12.1 Å². The van der Waals surface area contributed by atoms with E-state index >= 15 is 0 Å². The lowest BCUT2D eigenvalue weighted by Gasteiger charge is -2.32. The fourth-order valence-electron chi connectivity index (χ4n) is 4.21. The van der Waals surface area contributed by atoms with Crippen molar-refractivity contribution in [3.05, 3.63) is 30.1 Å². The molecule has 1 saturated carbocycles. The Balaban J connectivity index is 1.15. The molecule has 4 rings (SSSR count). The summed E-state index contributed by atoms with van der Waals surface area (Å²) in [6, 6.07) is 7.76. The van der Waals surface area contributed by atoms with Crippen molar-refractivity contribution >= 4 is 11.7 Å². The van der Waals surface area contributed by atoms with Gasteiger partial charge in [0.05, 0.1) is 0 Å². The molecule has 26 heavy (non-hydrogen) atoms. The molecule has 0 bridgehead atoms. The van der Waals surface area contributed by atoms with E-state index in [1.165, 1.54) is 25.0 Å². The van der Waals surface area contributed by atoms with Gasteiger partial charge in [-0.3, -0.25) is 0 Å². The number of hydrogen-bond acceptors (Lipinski definition) is 3. The number of urea groups is 1. The summed E-state index contributed by atoms with van der Waals surface area (Å²) in [5, 5.41) is 6.19. The maximum Gasteiger partial charge on any atom is 0.315 e. The van der Waals surface area contributed by atoms with Gasteiger partial charge in [-0.2, -0.15) is 0 Å². The third kappa shape index (κ3) is 4.47. The highest BCUT2D eigenvalue weighted by Gasteiger charge is 2.32. The lowest BCUT2D eigenvalue weighted by Crippen LogP contribution is -2.49. The first-order valence-electron chi connectivity index (χ1n) is 9.96. The molecule has 2 heterocycles. The van der Waals surface area contributed by atoms with Gasteiger partial charge < -0.3 is 20.4 Å². The van der Waals surface area contributed by atoms with Crippen LogP contribution in [-0.2, 0) is 0 Å². The van der Waals surface area contributed by atoms with Gasteiger partial charge in [0.25, 0.3) is 0 Å². The van der Waals surface area contributed by atoms with Crippen LogP contribution in [0.4, 0.5) is 14.9 Å². The lowest BCUT2D eigenvalue weighted by atomic mass is 10.1. The second kappa shape index (κ2) is 7.82. The Kier molecular flexibility index (Phi) is 5.29. The highest BCUT2D eigenvalue weighted by Crippen LogP contribution is 2.29. The summed E-state index contributed by atoms with van der Waals surface area (Å²) < 4.78 is 13.0. The molecule has 0 spiro atoms. The fourth-order valence-corrected chi connectivity index (χ4v) is 4.21. The Hall–Kier alpha value is -1.82. The van der Waals surface area contributed by atoms with Gasteiger partial charge in [0.1, 0.15) is 5.82 Å². The quantitative estimate of drug-likeness (QED) is 0.848. The zero-order valence-corrected chi connectivity index (χ0v) is 15.3. The average Bonchev–Trinajstić information content (AvgIpc) is 3.39. The highest BCUT2D eigenvalue weighted by atomic mass is 19.1. The number of hydrogen-bond donors (Lipinski definition) is 2. The molecule has 2 amide bonds. The van der Waals surface area contributed by atoms with Crippen molar-refractivity contribution in [1.82, 2.24) is 15.5 Å². The summed E-state index contributed by atoms with van der Waals surface area (Å²) in [4.78, 5) is 17.0. The van der Waals surface area contributed by atoms with Crippen molar-refractivity contribution in [2.45, 2.75) is 44.2 Å². The number of nitrogens with one attached hydrogen (secondary N) is 2. The Morgan fingerprint density at radius 2 is 1.77 bits per heavy atom. The summed E-state index contributed by atoms with van der Waals surface area (Å²) in [6.07, 6.45) is 5.89. The molecular formula is C20H29FN4O.